The third-order valence-electron chi connectivity index (χ3n) is 6.01. The second-order valence-electron chi connectivity index (χ2n) is 8.26. The van der Waals surface area contributed by atoms with Crippen LogP contribution in [0.15, 0.2) is 54.6 Å². The van der Waals surface area contributed by atoms with E-state index in [1.807, 2.05) is 65.9 Å². The topological polar surface area (TPSA) is 70.5 Å². The van der Waals surface area contributed by atoms with Crippen molar-refractivity contribution in [1.29, 1.82) is 0 Å². The molecule has 1 aliphatic rings. The maximum absolute atomic E-state index is 13.0. The molecule has 0 atom stereocenters. The van der Waals surface area contributed by atoms with Crippen molar-refractivity contribution < 1.29 is 9.59 Å². The van der Waals surface area contributed by atoms with Gasteiger partial charge in [-0.1, -0.05) is 41.9 Å². The Morgan fingerprint density at radius 2 is 1.64 bits per heavy atom. The average molecular weight is 466 g/mol. The molecule has 172 valence electrons. The summed E-state index contributed by atoms with van der Waals surface area (Å²) in [5, 5.41) is 8.01. The molecule has 7 nitrogen and oxygen atoms in total. The monoisotopic (exact) mass is 465 g/mol. The van der Waals surface area contributed by atoms with Gasteiger partial charge in [-0.3, -0.25) is 14.5 Å². The fourth-order valence-corrected chi connectivity index (χ4v) is 4.31. The molecule has 2 heterocycles. The Bertz CT molecular complexity index is 1140. The molecule has 1 saturated heterocycles. The van der Waals surface area contributed by atoms with Gasteiger partial charge in [0.25, 0.3) is 0 Å². The molecule has 1 aliphatic heterocycles. The van der Waals surface area contributed by atoms with Crippen LogP contribution in [0.2, 0.25) is 5.02 Å². The van der Waals surface area contributed by atoms with Crippen LogP contribution in [0.4, 0.5) is 5.69 Å². The number of nitrogens with one attached hydrogen (secondary N) is 1. The molecule has 8 heteroatoms. The molecule has 33 heavy (non-hydrogen) atoms. The first kappa shape index (κ1) is 23.0. The number of anilines is 1. The highest BCUT2D eigenvalue weighted by molar-refractivity contribution is 6.33. The van der Waals surface area contributed by atoms with Gasteiger partial charge < -0.3 is 10.2 Å². The van der Waals surface area contributed by atoms with Crippen LogP contribution in [0.1, 0.15) is 17.0 Å². The second kappa shape index (κ2) is 10.2. The summed E-state index contributed by atoms with van der Waals surface area (Å²) in [5.41, 5.74) is 4.44. The maximum Gasteiger partial charge on any atom is 0.238 e. The molecule has 4 rings (SSSR count). The predicted molar refractivity (Wildman–Crippen MR) is 130 cm³/mol. The minimum Gasteiger partial charge on any atom is -0.340 e. The van der Waals surface area contributed by atoms with Gasteiger partial charge >= 0.3 is 0 Å². The lowest BCUT2D eigenvalue weighted by Gasteiger charge is -2.34. The fourth-order valence-electron chi connectivity index (χ4n) is 4.13. The lowest BCUT2D eigenvalue weighted by molar-refractivity contribution is -0.132. The Morgan fingerprint density at radius 1 is 0.970 bits per heavy atom. The summed E-state index contributed by atoms with van der Waals surface area (Å²) in [7, 11) is 0. The van der Waals surface area contributed by atoms with Crippen LogP contribution >= 0.6 is 11.6 Å². The standard InChI is InChI=1S/C25H28ClN5O2/c1-18-21(19(2)31(28-18)20-8-4-3-5-9-20)16-25(33)30-14-12-29(13-15-30)17-24(32)27-23-11-7-6-10-22(23)26/h3-11H,12-17H2,1-2H3,(H,27,32). The Labute approximate surface area is 198 Å². The molecule has 1 N–H and O–H groups in total. The van der Waals surface area contributed by atoms with Crippen LogP contribution in [-0.4, -0.2) is 64.1 Å². The number of aryl methyl sites for hydroxylation is 1. The average Bonchev–Trinajstić information content (AvgIpc) is 3.10. The Kier molecular flexibility index (Phi) is 7.11. The number of hydrogen-bond donors (Lipinski definition) is 1. The van der Waals surface area contributed by atoms with Gasteiger partial charge in [0.05, 0.1) is 35.1 Å². The summed E-state index contributed by atoms with van der Waals surface area (Å²) in [4.78, 5) is 29.3. The fraction of sp³-hybridized carbons (Fsp3) is 0.320. The van der Waals surface area contributed by atoms with Crippen molar-refractivity contribution in [2.45, 2.75) is 20.3 Å². The van der Waals surface area contributed by atoms with E-state index >= 15 is 0 Å². The number of carbonyl (C=O) groups excluding carboxylic acids is 2. The Morgan fingerprint density at radius 3 is 2.33 bits per heavy atom. The number of nitrogens with zero attached hydrogens (tertiary/aromatic N) is 4. The highest BCUT2D eigenvalue weighted by Gasteiger charge is 2.24. The number of hydrogen-bond acceptors (Lipinski definition) is 4. The zero-order valence-corrected chi connectivity index (χ0v) is 19.7. The van der Waals surface area contributed by atoms with Crippen LogP contribution in [-0.2, 0) is 16.0 Å². The highest BCUT2D eigenvalue weighted by Crippen LogP contribution is 2.21. The zero-order chi connectivity index (χ0) is 23.4. The van der Waals surface area contributed by atoms with Crippen LogP contribution in [0.25, 0.3) is 5.69 Å². The predicted octanol–water partition coefficient (Wildman–Crippen LogP) is 3.47. The SMILES string of the molecule is Cc1nn(-c2ccccc2)c(C)c1CC(=O)N1CCN(CC(=O)Nc2ccccc2Cl)CC1. The zero-order valence-electron chi connectivity index (χ0n) is 18.9. The Balaban J connectivity index is 1.31. The first-order valence-electron chi connectivity index (χ1n) is 11.1. The molecule has 0 spiro atoms. The maximum atomic E-state index is 13.0. The summed E-state index contributed by atoms with van der Waals surface area (Å²) in [5.74, 6) is -0.0172. The van der Waals surface area contributed by atoms with E-state index in [4.69, 9.17) is 11.6 Å². The van der Waals surface area contributed by atoms with Gasteiger partial charge in [0.2, 0.25) is 11.8 Å². The molecule has 3 aromatic rings. The van der Waals surface area contributed by atoms with E-state index in [9.17, 15) is 9.59 Å². The number of piperazine rings is 1. The third-order valence-corrected chi connectivity index (χ3v) is 6.34. The summed E-state index contributed by atoms with van der Waals surface area (Å²) in [6.45, 7) is 6.74. The molecule has 0 unspecified atom stereocenters. The van der Waals surface area contributed by atoms with Gasteiger partial charge in [-0.2, -0.15) is 5.10 Å². The van der Waals surface area contributed by atoms with Crippen LogP contribution in [0.5, 0.6) is 0 Å². The minimum atomic E-state index is -0.109. The summed E-state index contributed by atoms with van der Waals surface area (Å²) < 4.78 is 1.90. The van der Waals surface area contributed by atoms with Crippen molar-refractivity contribution in [3.05, 3.63) is 76.6 Å². The molecule has 0 radical (unpaired) electrons. The van der Waals surface area contributed by atoms with E-state index in [-0.39, 0.29) is 18.4 Å². The van der Waals surface area contributed by atoms with E-state index in [0.29, 0.717) is 43.3 Å². The van der Waals surface area contributed by atoms with E-state index in [1.54, 1.807) is 12.1 Å². The van der Waals surface area contributed by atoms with Crippen LogP contribution < -0.4 is 5.32 Å². The number of halogens is 1. The first-order valence-corrected chi connectivity index (χ1v) is 11.4. The second-order valence-corrected chi connectivity index (χ2v) is 8.67. The van der Waals surface area contributed by atoms with Gasteiger partial charge in [-0.25, -0.2) is 4.68 Å². The van der Waals surface area contributed by atoms with E-state index in [0.717, 1.165) is 22.6 Å². The molecular formula is C25H28ClN5O2. The van der Waals surface area contributed by atoms with Crippen LogP contribution in [0.3, 0.4) is 0 Å². The van der Waals surface area contributed by atoms with Crippen molar-refractivity contribution in [1.82, 2.24) is 19.6 Å². The number of rotatable bonds is 6. The number of para-hydroxylation sites is 2. The number of benzene rings is 2. The lowest BCUT2D eigenvalue weighted by atomic mass is 10.1. The largest absolute Gasteiger partial charge is 0.340 e. The summed E-state index contributed by atoms with van der Waals surface area (Å²) in [6, 6.07) is 17.1. The quantitative estimate of drug-likeness (QED) is 0.605. The number of carbonyl (C=O) groups is 2. The van der Waals surface area contributed by atoms with Crippen molar-refractivity contribution in [3.8, 4) is 5.69 Å². The van der Waals surface area contributed by atoms with Crippen molar-refractivity contribution in [3.63, 3.8) is 0 Å². The first-order chi connectivity index (χ1) is 15.9. The van der Waals surface area contributed by atoms with Gasteiger partial charge in [-0.05, 0) is 38.1 Å². The van der Waals surface area contributed by atoms with E-state index in [1.165, 1.54) is 0 Å². The minimum absolute atomic E-state index is 0.0916. The molecule has 0 aliphatic carbocycles. The summed E-state index contributed by atoms with van der Waals surface area (Å²) >= 11 is 6.11. The third kappa shape index (κ3) is 5.43. The van der Waals surface area contributed by atoms with E-state index in [2.05, 4.69) is 15.3 Å². The molecule has 1 aromatic heterocycles. The number of amides is 2. The molecule has 0 bridgehead atoms. The summed E-state index contributed by atoms with van der Waals surface area (Å²) in [6.07, 6.45) is 0.331. The number of aromatic nitrogens is 2. The van der Waals surface area contributed by atoms with Gasteiger partial charge in [0, 0.05) is 37.4 Å². The smallest absolute Gasteiger partial charge is 0.238 e. The molecule has 0 saturated carbocycles. The van der Waals surface area contributed by atoms with Crippen molar-refractivity contribution in [2.24, 2.45) is 0 Å². The lowest BCUT2D eigenvalue weighted by Crippen LogP contribution is -2.50. The molecular weight excluding hydrogens is 438 g/mol. The van der Waals surface area contributed by atoms with Crippen molar-refractivity contribution in [2.75, 3.05) is 38.0 Å². The van der Waals surface area contributed by atoms with Gasteiger partial charge in [-0.15, -0.1) is 0 Å². The molecule has 1 fully saturated rings. The molecule has 2 amide bonds. The van der Waals surface area contributed by atoms with Crippen molar-refractivity contribution >= 4 is 29.1 Å². The molecule has 2 aromatic carbocycles. The van der Waals surface area contributed by atoms with Gasteiger partial charge in [0.1, 0.15) is 0 Å². The Hall–Kier alpha value is -3.16. The van der Waals surface area contributed by atoms with E-state index < -0.39 is 0 Å². The normalized spacial score (nSPS) is 14.3. The highest BCUT2D eigenvalue weighted by atomic mass is 35.5. The van der Waals surface area contributed by atoms with Gasteiger partial charge in [0.15, 0.2) is 0 Å². The van der Waals surface area contributed by atoms with Crippen LogP contribution in [0, 0.1) is 13.8 Å².